The third kappa shape index (κ3) is 4.13. The molecule has 0 spiro atoms. The Hall–Kier alpha value is -0.730. The van der Waals surface area contributed by atoms with E-state index in [-0.39, 0.29) is 0 Å². The molecule has 0 aliphatic carbocycles. The number of hydrogen-bond donors (Lipinski definition) is 1. The highest BCUT2D eigenvalue weighted by Crippen LogP contribution is 2.31. The van der Waals surface area contributed by atoms with Crippen molar-refractivity contribution in [2.45, 2.75) is 46.1 Å². The molecule has 1 aromatic rings. The lowest BCUT2D eigenvalue weighted by Crippen LogP contribution is -2.35. The van der Waals surface area contributed by atoms with Crippen LogP contribution in [0.4, 0.5) is 5.69 Å². The van der Waals surface area contributed by atoms with Gasteiger partial charge in [0.15, 0.2) is 0 Å². The molecule has 1 N–H and O–H groups in total. The van der Waals surface area contributed by atoms with Gasteiger partial charge >= 0.3 is 0 Å². The quantitative estimate of drug-likeness (QED) is 0.779. The summed E-state index contributed by atoms with van der Waals surface area (Å²) in [6.07, 6.45) is 5.09. The van der Waals surface area contributed by atoms with Crippen LogP contribution in [0.1, 0.15) is 45.1 Å². The molecule has 0 saturated carbocycles. The topological polar surface area (TPSA) is 15.3 Å². The van der Waals surface area contributed by atoms with Crippen molar-refractivity contribution >= 4 is 17.3 Å². The maximum absolute atomic E-state index is 6.50. The normalized spacial score (nSPS) is 19.4. The fourth-order valence-electron chi connectivity index (χ4n) is 2.94. The predicted molar refractivity (Wildman–Crippen MR) is 88.7 cm³/mol. The molecule has 3 heteroatoms. The molecule has 0 bridgehead atoms. The first-order valence-corrected chi connectivity index (χ1v) is 8.36. The van der Waals surface area contributed by atoms with Crippen LogP contribution in [0.3, 0.4) is 0 Å². The van der Waals surface area contributed by atoms with Gasteiger partial charge < -0.3 is 10.2 Å². The molecule has 1 aliphatic heterocycles. The van der Waals surface area contributed by atoms with Crippen LogP contribution in [-0.4, -0.2) is 19.6 Å². The van der Waals surface area contributed by atoms with Crippen molar-refractivity contribution in [3.8, 4) is 0 Å². The fourth-order valence-corrected chi connectivity index (χ4v) is 3.27. The van der Waals surface area contributed by atoms with Crippen LogP contribution in [0.25, 0.3) is 0 Å². The van der Waals surface area contributed by atoms with Gasteiger partial charge in [0.1, 0.15) is 0 Å². The van der Waals surface area contributed by atoms with Crippen molar-refractivity contribution < 1.29 is 0 Å². The second-order valence-corrected chi connectivity index (χ2v) is 6.23. The molecule has 1 unspecified atom stereocenters. The van der Waals surface area contributed by atoms with Crippen molar-refractivity contribution in [3.63, 3.8) is 0 Å². The first-order valence-electron chi connectivity index (χ1n) is 7.98. The molecule has 112 valence electrons. The number of nitrogens with zero attached hydrogens (tertiary/aromatic N) is 1. The molecule has 1 atom stereocenters. The van der Waals surface area contributed by atoms with Gasteiger partial charge in [-0.25, -0.2) is 0 Å². The van der Waals surface area contributed by atoms with Crippen molar-refractivity contribution in [1.82, 2.24) is 5.32 Å². The van der Waals surface area contributed by atoms with Gasteiger partial charge in [0.2, 0.25) is 0 Å². The Kier molecular flexibility index (Phi) is 6.18. The molecule has 0 amide bonds. The Morgan fingerprint density at radius 1 is 1.35 bits per heavy atom. The van der Waals surface area contributed by atoms with E-state index in [1.807, 2.05) is 0 Å². The molecule has 1 aromatic carbocycles. The number of hydrogen-bond acceptors (Lipinski definition) is 2. The number of halogens is 1. The standard InChI is InChI=1S/C17H27ClN2/c1-3-9-19-12-15-7-8-17(16(18)11-15)20-10-5-6-14(4-2)13-20/h7-8,11,14,19H,3-6,9-10,12-13H2,1-2H3. The zero-order chi connectivity index (χ0) is 14.4. The van der Waals surface area contributed by atoms with Crippen LogP contribution in [-0.2, 0) is 6.54 Å². The number of nitrogens with one attached hydrogen (secondary N) is 1. The predicted octanol–water partition coefficient (Wildman–Crippen LogP) is 4.47. The second-order valence-electron chi connectivity index (χ2n) is 5.83. The highest BCUT2D eigenvalue weighted by molar-refractivity contribution is 6.33. The largest absolute Gasteiger partial charge is 0.370 e. The van der Waals surface area contributed by atoms with E-state index < -0.39 is 0 Å². The van der Waals surface area contributed by atoms with Gasteiger partial charge in [0.25, 0.3) is 0 Å². The van der Waals surface area contributed by atoms with E-state index in [0.29, 0.717) is 0 Å². The highest BCUT2D eigenvalue weighted by atomic mass is 35.5. The van der Waals surface area contributed by atoms with Crippen LogP contribution in [0.15, 0.2) is 18.2 Å². The second kappa shape index (κ2) is 7.90. The summed E-state index contributed by atoms with van der Waals surface area (Å²) in [7, 11) is 0. The lowest BCUT2D eigenvalue weighted by atomic mass is 9.95. The van der Waals surface area contributed by atoms with Crippen molar-refractivity contribution in [1.29, 1.82) is 0 Å². The van der Waals surface area contributed by atoms with Crippen LogP contribution in [0.5, 0.6) is 0 Å². The summed E-state index contributed by atoms with van der Waals surface area (Å²) in [5, 5.41) is 4.32. The van der Waals surface area contributed by atoms with E-state index in [9.17, 15) is 0 Å². The lowest BCUT2D eigenvalue weighted by Gasteiger charge is -2.34. The number of rotatable bonds is 6. The molecule has 0 aromatic heterocycles. The van der Waals surface area contributed by atoms with E-state index in [1.54, 1.807) is 0 Å². The summed E-state index contributed by atoms with van der Waals surface area (Å²) in [6, 6.07) is 6.53. The summed E-state index contributed by atoms with van der Waals surface area (Å²) in [5.74, 6) is 0.825. The average Bonchev–Trinajstić information content (AvgIpc) is 2.48. The smallest absolute Gasteiger partial charge is 0.0642 e. The van der Waals surface area contributed by atoms with E-state index in [1.165, 1.54) is 30.5 Å². The molecular weight excluding hydrogens is 268 g/mol. The van der Waals surface area contributed by atoms with E-state index in [0.717, 1.165) is 43.5 Å². The minimum absolute atomic E-state index is 0.825. The maximum Gasteiger partial charge on any atom is 0.0642 e. The van der Waals surface area contributed by atoms with Gasteiger partial charge in [-0.1, -0.05) is 37.9 Å². The first-order chi connectivity index (χ1) is 9.74. The molecule has 1 aliphatic rings. The summed E-state index contributed by atoms with van der Waals surface area (Å²) < 4.78 is 0. The fraction of sp³-hybridized carbons (Fsp3) is 0.647. The highest BCUT2D eigenvalue weighted by Gasteiger charge is 2.20. The minimum atomic E-state index is 0.825. The molecule has 2 rings (SSSR count). The monoisotopic (exact) mass is 294 g/mol. The van der Waals surface area contributed by atoms with Crippen LogP contribution in [0, 0.1) is 5.92 Å². The lowest BCUT2D eigenvalue weighted by molar-refractivity contribution is 0.405. The van der Waals surface area contributed by atoms with Crippen molar-refractivity contribution in [3.05, 3.63) is 28.8 Å². The van der Waals surface area contributed by atoms with Crippen LogP contribution < -0.4 is 10.2 Å². The molecule has 1 heterocycles. The Labute approximate surface area is 128 Å². The molecule has 1 fully saturated rings. The third-order valence-corrected chi connectivity index (χ3v) is 4.51. The van der Waals surface area contributed by atoms with E-state index >= 15 is 0 Å². The Morgan fingerprint density at radius 3 is 2.90 bits per heavy atom. The molecule has 20 heavy (non-hydrogen) atoms. The molecule has 1 saturated heterocycles. The van der Waals surface area contributed by atoms with Crippen molar-refractivity contribution in [2.24, 2.45) is 5.92 Å². The summed E-state index contributed by atoms with van der Waals surface area (Å²) >= 11 is 6.50. The number of anilines is 1. The van der Waals surface area contributed by atoms with Gasteiger partial charge in [-0.15, -0.1) is 0 Å². The Balaban J connectivity index is 2.01. The van der Waals surface area contributed by atoms with Crippen LogP contribution in [0.2, 0.25) is 5.02 Å². The molecule has 2 nitrogen and oxygen atoms in total. The summed E-state index contributed by atoms with van der Waals surface area (Å²) in [5.41, 5.74) is 2.49. The van der Waals surface area contributed by atoms with Crippen LogP contribution >= 0.6 is 11.6 Å². The Morgan fingerprint density at radius 2 is 2.20 bits per heavy atom. The maximum atomic E-state index is 6.50. The zero-order valence-corrected chi connectivity index (χ0v) is 13.5. The summed E-state index contributed by atoms with van der Waals surface area (Å²) in [4.78, 5) is 2.46. The minimum Gasteiger partial charge on any atom is -0.370 e. The molecule has 0 radical (unpaired) electrons. The van der Waals surface area contributed by atoms with Gasteiger partial charge in [-0.3, -0.25) is 0 Å². The SMILES string of the molecule is CCCNCc1ccc(N2CCCC(CC)C2)c(Cl)c1. The van der Waals surface area contributed by atoms with Crippen molar-refractivity contribution in [2.75, 3.05) is 24.5 Å². The first kappa shape index (κ1) is 15.7. The van der Waals surface area contributed by atoms with Gasteiger partial charge in [-0.2, -0.15) is 0 Å². The van der Waals surface area contributed by atoms with Gasteiger partial charge in [0.05, 0.1) is 10.7 Å². The van der Waals surface area contributed by atoms with E-state index in [4.69, 9.17) is 11.6 Å². The average molecular weight is 295 g/mol. The summed E-state index contributed by atoms with van der Waals surface area (Å²) in [6.45, 7) is 8.74. The van der Waals surface area contributed by atoms with Gasteiger partial charge in [-0.05, 0) is 49.4 Å². The Bertz CT molecular complexity index is 419. The van der Waals surface area contributed by atoms with Gasteiger partial charge in [0, 0.05) is 19.6 Å². The number of piperidine rings is 1. The third-order valence-electron chi connectivity index (χ3n) is 4.21. The zero-order valence-electron chi connectivity index (χ0n) is 12.8. The number of benzene rings is 1. The van der Waals surface area contributed by atoms with E-state index in [2.05, 4.69) is 42.3 Å². The molecular formula is C17H27ClN2.